The number of likely N-dealkylation sites (N-methyl/N-ethyl adjacent to an activating group) is 2. The highest BCUT2D eigenvalue weighted by molar-refractivity contribution is 7.89. The van der Waals surface area contributed by atoms with Crippen molar-refractivity contribution in [3.8, 4) is 5.75 Å². The minimum atomic E-state index is -3.52. The smallest absolute Gasteiger partial charge is 0.243 e. The summed E-state index contributed by atoms with van der Waals surface area (Å²) >= 11 is 0. The summed E-state index contributed by atoms with van der Waals surface area (Å²) in [4.78, 5) is 2.65. The molecule has 0 aromatic heterocycles. The molecule has 0 aliphatic heterocycles. The van der Waals surface area contributed by atoms with E-state index in [1.54, 1.807) is 11.4 Å². The quantitative estimate of drug-likeness (QED) is 0.682. The van der Waals surface area contributed by atoms with E-state index in [1.165, 1.54) is 0 Å². The molecule has 1 aromatic carbocycles. The van der Waals surface area contributed by atoms with Gasteiger partial charge in [-0.3, -0.25) is 0 Å². The van der Waals surface area contributed by atoms with Gasteiger partial charge in [0.05, 0.1) is 12.0 Å². The molecule has 24 heavy (non-hydrogen) atoms. The van der Waals surface area contributed by atoms with Crippen molar-refractivity contribution in [2.75, 3.05) is 39.8 Å². The zero-order valence-electron chi connectivity index (χ0n) is 16.1. The van der Waals surface area contributed by atoms with Gasteiger partial charge in [0.15, 0.2) is 0 Å². The summed E-state index contributed by atoms with van der Waals surface area (Å²) in [5.74, 6) is 0.732. The van der Waals surface area contributed by atoms with Crippen LogP contribution in [0.3, 0.4) is 0 Å². The van der Waals surface area contributed by atoms with Crippen LogP contribution >= 0.6 is 0 Å². The first kappa shape index (κ1) is 20.9. The fourth-order valence-electron chi connectivity index (χ4n) is 3.00. The number of sulfonamides is 1. The molecule has 0 saturated heterocycles. The van der Waals surface area contributed by atoms with Crippen molar-refractivity contribution in [1.82, 2.24) is 9.21 Å². The lowest BCUT2D eigenvalue weighted by Gasteiger charge is -2.27. The van der Waals surface area contributed by atoms with Crippen LogP contribution in [0.4, 0.5) is 0 Å². The summed E-state index contributed by atoms with van der Waals surface area (Å²) in [5, 5.41) is 0. The maximum absolute atomic E-state index is 13.2. The SMILES string of the molecule is CCN(CC)CCN(CC)S(=O)(=O)c1c(C)cc(OC)c(C)c1C. The lowest BCUT2D eigenvalue weighted by Crippen LogP contribution is -2.39. The molecule has 138 valence electrons. The van der Waals surface area contributed by atoms with Crippen molar-refractivity contribution in [2.45, 2.75) is 46.4 Å². The Morgan fingerprint density at radius 1 is 0.958 bits per heavy atom. The van der Waals surface area contributed by atoms with Crippen LogP contribution in [0.1, 0.15) is 37.5 Å². The Labute approximate surface area is 147 Å². The van der Waals surface area contributed by atoms with Gasteiger partial charge in [-0.25, -0.2) is 8.42 Å². The molecule has 0 atom stereocenters. The summed E-state index contributed by atoms with van der Waals surface area (Å²) in [6.07, 6.45) is 0. The third kappa shape index (κ3) is 4.29. The average Bonchev–Trinajstić information content (AvgIpc) is 2.54. The minimum absolute atomic E-state index is 0.419. The fourth-order valence-corrected chi connectivity index (χ4v) is 4.93. The summed E-state index contributed by atoms with van der Waals surface area (Å²) in [6, 6.07) is 1.81. The number of methoxy groups -OCH3 is 1. The van der Waals surface area contributed by atoms with Crippen molar-refractivity contribution in [3.05, 3.63) is 22.8 Å². The van der Waals surface area contributed by atoms with Crippen molar-refractivity contribution in [2.24, 2.45) is 0 Å². The van der Waals surface area contributed by atoms with Crippen LogP contribution in [0.2, 0.25) is 0 Å². The van der Waals surface area contributed by atoms with Crippen molar-refractivity contribution >= 4 is 10.0 Å². The summed E-state index contributed by atoms with van der Waals surface area (Å²) < 4.78 is 33.4. The maximum atomic E-state index is 13.2. The topological polar surface area (TPSA) is 49.9 Å². The average molecular weight is 357 g/mol. The van der Waals surface area contributed by atoms with Crippen LogP contribution in [0, 0.1) is 20.8 Å². The molecule has 0 aliphatic carbocycles. The van der Waals surface area contributed by atoms with Gasteiger partial charge < -0.3 is 9.64 Å². The van der Waals surface area contributed by atoms with Crippen LogP contribution in [0.25, 0.3) is 0 Å². The molecule has 0 N–H and O–H groups in total. The Hall–Kier alpha value is -1.11. The van der Waals surface area contributed by atoms with Gasteiger partial charge in [-0.15, -0.1) is 0 Å². The zero-order chi connectivity index (χ0) is 18.5. The first-order valence-corrected chi connectivity index (χ1v) is 10.1. The molecule has 0 fully saturated rings. The number of ether oxygens (including phenoxy) is 1. The monoisotopic (exact) mass is 356 g/mol. The van der Waals surface area contributed by atoms with Gasteiger partial charge in [0.2, 0.25) is 10.0 Å². The van der Waals surface area contributed by atoms with Crippen LogP contribution in [-0.2, 0) is 10.0 Å². The molecule has 0 aliphatic rings. The molecule has 0 unspecified atom stereocenters. The molecule has 0 saturated carbocycles. The molecule has 0 amide bonds. The summed E-state index contributed by atoms with van der Waals surface area (Å²) in [7, 11) is -1.91. The lowest BCUT2D eigenvalue weighted by molar-refractivity contribution is 0.274. The molecular weight excluding hydrogens is 324 g/mol. The van der Waals surface area contributed by atoms with Gasteiger partial charge in [0.1, 0.15) is 5.75 Å². The molecule has 0 spiro atoms. The first-order valence-electron chi connectivity index (χ1n) is 8.61. The third-order valence-electron chi connectivity index (χ3n) is 4.71. The lowest BCUT2D eigenvalue weighted by atomic mass is 10.1. The van der Waals surface area contributed by atoms with Crippen molar-refractivity contribution in [3.63, 3.8) is 0 Å². The van der Waals surface area contributed by atoms with Gasteiger partial charge in [-0.05, 0) is 56.6 Å². The van der Waals surface area contributed by atoms with Gasteiger partial charge in [-0.1, -0.05) is 20.8 Å². The number of hydrogen-bond acceptors (Lipinski definition) is 4. The number of aryl methyl sites for hydroxylation is 1. The zero-order valence-corrected chi connectivity index (χ0v) is 17.0. The van der Waals surface area contributed by atoms with Crippen LogP contribution in [0.15, 0.2) is 11.0 Å². The van der Waals surface area contributed by atoms with E-state index in [0.717, 1.165) is 42.1 Å². The molecule has 1 rings (SSSR count). The molecular formula is C18H32N2O3S. The van der Waals surface area contributed by atoms with E-state index in [1.807, 2.05) is 33.8 Å². The number of rotatable bonds is 9. The summed E-state index contributed by atoms with van der Waals surface area (Å²) in [6.45, 7) is 15.2. The van der Waals surface area contributed by atoms with E-state index in [2.05, 4.69) is 18.7 Å². The second-order valence-electron chi connectivity index (χ2n) is 6.00. The van der Waals surface area contributed by atoms with Crippen molar-refractivity contribution < 1.29 is 13.2 Å². The highest BCUT2D eigenvalue weighted by Gasteiger charge is 2.28. The van der Waals surface area contributed by atoms with Gasteiger partial charge >= 0.3 is 0 Å². The van der Waals surface area contributed by atoms with Crippen LogP contribution < -0.4 is 4.74 Å². The van der Waals surface area contributed by atoms with E-state index in [4.69, 9.17) is 4.74 Å². The standard InChI is InChI=1S/C18H32N2O3S/c1-8-19(9-2)11-12-20(10-3)24(21,22)18-14(4)13-17(23-7)15(5)16(18)6/h13H,8-12H2,1-7H3. The summed E-state index contributed by atoms with van der Waals surface area (Å²) in [5.41, 5.74) is 2.38. The Kier molecular flexibility index (Phi) is 7.70. The molecule has 0 heterocycles. The predicted octanol–water partition coefficient (Wildman–Crippen LogP) is 2.97. The first-order chi connectivity index (χ1) is 11.2. The fraction of sp³-hybridized carbons (Fsp3) is 0.667. The highest BCUT2D eigenvalue weighted by atomic mass is 32.2. The Morgan fingerprint density at radius 2 is 1.54 bits per heavy atom. The van der Waals surface area contributed by atoms with Gasteiger partial charge in [0, 0.05) is 19.6 Å². The van der Waals surface area contributed by atoms with Crippen LogP contribution in [-0.4, -0.2) is 57.5 Å². The Balaban J connectivity index is 3.25. The van der Waals surface area contributed by atoms with E-state index in [9.17, 15) is 8.42 Å². The normalized spacial score (nSPS) is 12.2. The second kappa shape index (κ2) is 8.83. The van der Waals surface area contributed by atoms with Crippen LogP contribution in [0.5, 0.6) is 5.75 Å². The molecule has 0 radical (unpaired) electrons. The van der Waals surface area contributed by atoms with E-state index in [-0.39, 0.29) is 0 Å². The molecule has 5 nitrogen and oxygen atoms in total. The maximum Gasteiger partial charge on any atom is 0.243 e. The Bertz CT molecular complexity index is 653. The second-order valence-corrected chi connectivity index (χ2v) is 7.87. The number of benzene rings is 1. The van der Waals surface area contributed by atoms with E-state index >= 15 is 0 Å². The molecule has 6 heteroatoms. The Morgan fingerprint density at radius 3 is 2.00 bits per heavy atom. The largest absolute Gasteiger partial charge is 0.496 e. The predicted molar refractivity (Wildman–Crippen MR) is 99.4 cm³/mol. The third-order valence-corrected chi connectivity index (χ3v) is 6.97. The molecule has 0 bridgehead atoms. The van der Waals surface area contributed by atoms with Crippen molar-refractivity contribution in [1.29, 1.82) is 0 Å². The highest BCUT2D eigenvalue weighted by Crippen LogP contribution is 2.32. The van der Waals surface area contributed by atoms with Gasteiger partial charge in [-0.2, -0.15) is 4.31 Å². The minimum Gasteiger partial charge on any atom is -0.496 e. The molecule has 1 aromatic rings. The van der Waals surface area contributed by atoms with E-state index < -0.39 is 10.0 Å². The van der Waals surface area contributed by atoms with E-state index in [0.29, 0.717) is 18.0 Å². The number of hydrogen-bond donors (Lipinski definition) is 0. The number of nitrogens with zero attached hydrogens (tertiary/aromatic N) is 2. The van der Waals surface area contributed by atoms with Gasteiger partial charge in [0.25, 0.3) is 0 Å².